The quantitative estimate of drug-likeness (QED) is 0.198. The van der Waals surface area contributed by atoms with Gasteiger partial charge in [-0.05, 0) is 37.3 Å². The van der Waals surface area contributed by atoms with Gasteiger partial charge < -0.3 is 10.6 Å². The number of rotatable bonds is 9. The summed E-state index contributed by atoms with van der Waals surface area (Å²) in [5.74, 6) is -0.0456. The lowest BCUT2D eigenvalue weighted by atomic mass is 9.82. The van der Waals surface area contributed by atoms with E-state index in [0.29, 0.717) is 15.8 Å². The van der Waals surface area contributed by atoms with Gasteiger partial charge in [-0.25, -0.2) is 0 Å². The van der Waals surface area contributed by atoms with E-state index >= 15 is 0 Å². The van der Waals surface area contributed by atoms with E-state index in [0.717, 1.165) is 46.8 Å². The normalized spacial score (nSPS) is 16.8. The van der Waals surface area contributed by atoms with Crippen LogP contribution in [0.25, 0.3) is 0 Å². The van der Waals surface area contributed by atoms with Crippen LogP contribution in [0.4, 0.5) is 16.0 Å². The molecule has 13 heteroatoms. The van der Waals surface area contributed by atoms with Gasteiger partial charge in [-0.2, -0.15) is 0 Å². The van der Waals surface area contributed by atoms with E-state index in [-0.39, 0.29) is 42.2 Å². The van der Waals surface area contributed by atoms with Crippen molar-refractivity contribution in [3.63, 3.8) is 0 Å². The summed E-state index contributed by atoms with van der Waals surface area (Å²) in [6.07, 6.45) is 4.06. The van der Waals surface area contributed by atoms with Gasteiger partial charge >= 0.3 is 0 Å². The molecule has 2 aromatic carbocycles. The number of carbonyl (C=O) groups is 2. The molecule has 1 aliphatic rings. The minimum atomic E-state index is -0.485. The zero-order chi connectivity index (χ0) is 28.1. The average molecular weight is 578 g/mol. The minimum absolute atomic E-state index is 0.00298. The summed E-state index contributed by atoms with van der Waals surface area (Å²) in [4.78, 5) is 35.5. The van der Waals surface area contributed by atoms with E-state index in [1.54, 1.807) is 12.1 Å². The monoisotopic (exact) mass is 577 g/mol. The third-order valence-electron chi connectivity index (χ3n) is 6.68. The van der Waals surface area contributed by atoms with Gasteiger partial charge in [0.1, 0.15) is 10.0 Å². The number of nitrogens with zero attached hydrogens (tertiary/aromatic N) is 5. The van der Waals surface area contributed by atoms with Gasteiger partial charge in [0, 0.05) is 24.0 Å². The van der Waals surface area contributed by atoms with Crippen LogP contribution in [-0.4, -0.2) is 37.1 Å². The Morgan fingerprint density at radius 1 is 0.875 bits per heavy atom. The molecule has 5 rings (SSSR count). The van der Waals surface area contributed by atoms with Crippen molar-refractivity contribution in [2.45, 2.75) is 57.3 Å². The van der Waals surface area contributed by atoms with Crippen LogP contribution in [-0.2, 0) is 22.4 Å². The first-order valence-corrected chi connectivity index (χ1v) is 14.5. The predicted molar refractivity (Wildman–Crippen MR) is 153 cm³/mol. The summed E-state index contributed by atoms with van der Waals surface area (Å²) in [7, 11) is 0. The van der Waals surface area contributed by atoms with Crippen molar-refractivity contribution in [2.24, 2.45) is 0 Å². The molecular formula is C27H27N7O4S2. The number of aryl methyl sites for hydroxylation is 1. The Morgan fingerprint density at radius 3 is 1.98 bits per heavy atom. The van der Waals surface area contributed by atoms with Crippen LogP contribution in [0.1, 0.15) is 64.2 Å². The molecule has 4 aromatic rings. The number of hydrogen-bond donors (Lipinski definition) is 2. The second-order valence-corrected chi connectivity index (χ2v) is 11.8. The fourth-order valence-corrected chi connectivity index (χ4v) is 6.65. The van der Waals surface area contributed by atoms with Crippen LogP contribution in [0.5, 0.6) is 0 Å². The maximum absolute atomic E-state index is 12.5. The lowest BCUT2D eigenvalue weighted by Crippen LogP contribution is -2.14. The molecule has 0 unspecified atom stereocenters. The number of carbonyl (C=O) groups excluding carboxylic acids is 2. The van der Waals surface area contributed by atoms with Gasteiger partial charge in [-0.15, -0.1) is 20.4 Å². The highest BCUT2D eigenvalue weighted by Gasteiger charge is 2.29. The first-order chi connectivity index (χ1) is 19.3. The van der Waals surface area contributed by atoms with Crippen LogP contribution in [0.15, 0.2) is 48.5 Å². The molecule has 2 N–H and O–H groups in total. The highest BCUT2D eigenvalue weighted by molar-refractivity contribution is 7.15. The standard InChI is InChI=1S/C27H27N7O4S2/c1-16-5-2-6-17(11-16)13-22(35)28-26-32-30-24(39-26)19-8-4-9-20(15-19)25-31-33-27(40-25)29-23(36)14-18-7-3-10-21(12-18)34(37)38/h2-3,5-7,10-12,19-20H,4,8-9,13-15H2,1H3,(H,28,32,35)(H,29,33,36)/t19-,20-/m0/s1. The van der Waals surface area contributed by atoms with E-state index in [9.17, 15) is 19.7 Å². The molecule has 206 valence electrons. The van der Waals surface area contributed by atoms with Crippen molar-refractivity contribution in [3.05, 3.63) is 85.4 Å². The Labute approximate surface area is 238 Å². The second-order valence-electron chi connectivity index (χ2n) is 9.82. The van der Waals surface area contributed by atoms with E-state index in [4.69, 9.17) is 0 Å². The topological polar surface area (TPSA) is 153 Å². The summed E-state index contributed by atoms with van der Waals surface area (Å²) in [6, 6.07) is 13.9. The number of nitrogens with one attached hydrogen (secondary N) is 2. The van der Waals surface area contributed by atoms with Gasteiger partial charge in [0.05, 0.1) is 17.8 Å². The number of nitro benzene ring substituents is 1. The van der Waals surface area contributed by atoms with Gasteiger partial charge in [-0.1, -0.05) is 71.1 Å². The molecule has 40 heavy (non-hydrogen) atoms. The van der Waals surface area contributed by atoms with Gasteiger partial charge in [0.15, 0.2) is 0 Å². The summed E-state index contributed by atoms with van der Waals surface area (Å²) in [5, 5.41) is 36.3. The molecule has 2 heterocycles. The Balaban J connectivity index is 1.15. The number of non-ortho nitro benzene ring substituents is 1. The van der Waals surface area contributed by atoms with E-state index in [2.05, 4.69) is 31.0 Å². The van der Waals surface area contributed by atoms with Crippen LogP contribution in [0.3, 0.4) is 0 Å². The van der Waals surface area contributed by atoms with Crippen LogP contribution < -0.4 is 10.6 Å². The highest BCUT2D eigenvalue weighted by atomic mass is 32.1. The summed E-state index contributed by atoms with van der Waals surface area (Å²) >= 11 is 2.76. The highest BCUT2D eigenvalue weighted by Crippen LogP contribution is 2.43. The average Bonchev–Trinajstić information content (AvgIpc) is 3.59. The number of benzene rings is 2. The van der Waals surface area contributed by atoms with Gasteiger partial charge in [-0.3, -0.25) is 19.7 Å². The molecule has 2 atom stereocenters. The fourth-order valence-electron chi connectivity index (χ4n) is 4.84. The van der Waals surface area contributed by atoms with E-state index in [1.807, 2.05) is 31.2 Å². The first-order valence-electron chi connectivity index (χ1n) is 12.9. The fraction of sp³-hybridized carbons (Fsp3) is 0.333. The van der Waals surface area contributed by atoms with Crippen molar-refractivity contribution >= 4 is 50.4 Å². The Bertz CT molecular complexity index is 1540. The van der Waals surface area contributed by atoms with Gasteiger partial charge in [0.2, 0.25) is 22.1 Å². The largest absolute Gasteiger partial charge is 0.300 e. The zero-order valence-electron chi connectivity index (χ0n) is 21.7. The van der Waals surface area contributed by atoms with Crippen LogP contribution in [0.2, 0.25) is 0 Å². The lowest BCUT2D eigenvalue weighted by molar-refractivity contribution is -0.384. The van der Waals surface area contributed by atoms with Crippen molar-refractivity contribution < 1.29 is 14.5 Å². The number of amides is 2. The third-order valence-corrected chi connectivity index (χ3v) is 8.68. The number of hydrogen-bond acceptors (Lipinski definition) is 10. The second kappa shape index (κ2) is 12.4. The van der Waals surface area contributed by atoms with Crippen molar-refractivity contribution in [1.29, 1.82) is 0 Å². The maximum atomic E-state index is 12.5. The number of aromatic nitrogens is 4. The predicted octanol–water partition coefficient (Wildman–Crippen LogP) is 5.41. The minimum Gasteiger partial charge on any atom is -0.300 e. The molecule has 11 nitrogen and oxygen atoms in total. The molecule has 2 aromatic heterocycles. The Kier molecular flexibility index (Phi) is 8.51. The molecule has 1 fully saturated rings. The molecule has 0 radical (unpaired) electrons. The molecule has 0 spiro atoms. The molecular weight excluding hydrogens is 550 g/mol. The summed E-state index contributed by atoms with van der Waals surface area (Å²) in [6.45, 7) is 2.00. The molecule has 0 aliphatic heterocycles. The Hall–Kier alpha value is -4.10. The maximum Gasteiger partial charge on any atom is 0.269 e. The van der Waals surface area contributed by atoms with Crippen LogP contribution >= 0.6 is 22.7 Å². The van der Waals surface area contributed by atoms with E-state index in [1.165, 1.54) is 34.8 Å². The van der Waals surface area contributed by atoms with Crippen LogP contribution in [0, 0.1) is 17.0 Å². The molecule has 2 amide bonds. The number of anilines is 2. The first kappa shape index (κ1) is 27.5. The molecule has 0 saturated heterocycles. The summed E-state index contributed by atoms with van der Waals surface area (Å²) < 4.78 is 0. The van der Waals surface area contributed by atoms with E-state index < -0.39 is 4.92 Å². The molecule has 1 saturated carbocycles. The number of nitro groups is 1. The van der Waals surface area contributed by atoms with Crippen molar-refractivity contribution in [2.75, 3.05) is 10.6 Å². The Morgan fingerprint density at radius 2 is 1.43 bits per heavy atom. The SMILES string of the molecule is Cc1cccc(CC(=O)Nc2nnc([C@H]3CCC[C@H](c4nnc(NC(=O)Cc5cccc([N+](=O)[O-])c5)s4)C3)s2)c1. The lowest BCUT2D eigenvalue weighted by Gasteiger charge is -2.25. The van der Waals surface area contributed by atoms with Crippen molar-refractivity contribution in [1.82, 2.24) is 20.4 Å². The van der Waals surface area contributed by atoms with Crippen molar-refractivity contribution in [3.8, 4) is 0 Å². The summed E-state index contributed by atoms with van der Waals surface area (Å²) in [5.41, 5.74) is 2.56. The zero-order valence-corrected chi connectivity index (χ0v) is 23.3. The third kappa shape index (κ3) is 7.10. The molecule has 1 aliphatic carbocycles. The smallest absolute Gasteiger partial charge is 0.269 e. The van der Waals surface area contributed by atoms with Gasteiger partial charge in [0.25, 0.3) is 5.69 Å². The molecule has 0 bridgehead atoms.